The van der Waals surface area contributed by atoms with Crippen molar-refractivity contribution in [1.82, 2.24) is 0 Å². The van der Waals surface area contributed by atoms with Gasteiger partial charge in [-0.15, -0.1) is 0 Å². The van der Waals surface area contributed by atoms with E-state index in [0.717, 1.165) is 16.8 Å². The van der Waals surface area contributed by atoms with Gasteiger partial charge in [0.2, 0.25) is 5.91 Å². The minimum Gasteiger partial charge on any atom is -0.384 e. The van der Waals surface area contributed by atoms with Crippen LogP contribution in [-0.2, 0) is 4.79 Å². The van der Waals surface area contributed by atoms with Crippen molar-refractivity contribution in [2.75, 3.05) is 11.9 Å². The van der Waals surface area contributed by atoms with Gasteiger partial charge in [-0.05, 0) is 49.3 Å². The largest absolute Gasteiger partial charge is 0.384 e. The fourth-order valence-corrected chi connectivity index (χ4v) is 3.60. The maximum Gasteiger partial charge on any atom is 0.228 e. The van der Waals surface area contributed by atoms with Gasteiger partial charge < -0.3 is 10.4 Å². The van der Waals surface area contributed by atoms with Crippen LogP contribution in [0.1, 0.15) is 36.8 Å². The lowest BCUT2D eigenvalue weighted by molar-refractivity contribution is -0.117. The van der Waals surface area contributed by atoms with Gasteiger partial charge in [-0.3, -0.25) is 4.79 Å². The topological polar surface area (TPSA) is 49.3 Å². The zero-order valence-corrected chi connectivity index (χ0v) is 12.4. The minimum atomic E-state index is -0.173. The van der Waals surface area contributed by atoms with Crippen molar-refractivity contribution in [2.45, 2.75) is 32.6 Å². The van der Waals surface area contributed by atoms with Crippen LogP contribution < -0.4 is 5.32 Å². The Morgan fingerprint density at radius 3 is 2.71 bits per heavy atom. The number of benzene rings is 1. The van der Waals surface area contributed by atoms with Gasteiger partial charge in [-0.25, -0.2) is 0 Å². The molecular formula is C18H21NO2. The Balaban J connectivity index is 1.75. The van der Waals surface area contributed by atoms with Gasteiger partial charge in [0.1, 0.15) is 6.61 Å². The number of anilines is 1. The smallest absolute Gasteiger partial charge is 0.228 e. The molecular weight excluding hydrogens is 262 g/mol. The van der Waals surface area contributed by atoms with E-state index in [2.05, 4.69) is 17.2 Å². The van der Waals surface area contributed by atoms with Gasteiger partial charge in [0, 0.05) is 11.5 Å². The monoisotopic (exact) mass is 283 g/mol. The van der Waals surface area contributed by atoms with E-state index < -0.39 is 0 Å². The normalized spacial score (nSPS) is 26.3. The highest BCUT2D eigenvalue weighted by Gasteiger charge is 2.54. The molecule has 2 unspecified atom stereocenters. The Kier molecular flexibility index (Phi) is 3.98. The van der Waals surface area contributed by atoms with Crippen LogP contribution >= 0.6 is 0 Å². The number of hydrogen-bond acceptors (Lipinski definition) is 2. The third-order valence-electron chi connectivity index (χ3n) is 4.69. The fourth-order valence-electron chi connectivity index (χ4n) is 3.60. The molecule has 2 saturated carbocycles. The Morgan fingerprint density at radius 2 is 2.05 bits per heavy atom. The van der Waals surface area contributed by atoms with Gasteiger partial charge >= 0.3 is 0 Å². The van der Waals surface area contributed by atoms with E-state index in [1.165, 1.54) is 25.7 Å². The number of nitrogens with one attached hydrogen (secondary N) is 1. The summed E-state index contributed by atoms with van der Waals surface area (Å²) in [6, 6.07) is 5.81. The van der Waals surface area contributed by atoms with E-state index in [1.807, 2.05) is 25.1 Å². The summed E-state index contributed by atoms with van der Waals surface area (Å²) in [4.78, 5) is 12.5. The second kappa shape index (κ2) is 5.91. The maximum atomic E-state index is 12.5. The van der Waals surface area contributed by atoms with E-state index in [9.17, 15) is 4.79 Å². The predicted molar refractivity (Wildman–Crippen MR) is 82.7 cm³/mol. The standard InChI is InChI=1S/C18H21NO2/c1-12-8-9-13(5-4-10-20)16(11-12)19-18(21)17-14-6-2-3-7-15(14)17/h8-9,11,14-15,17,20H,2-3,6-7,10H2,1H3,(H,19,21). The number of aliphatic hydroxyl groups is 1. The molecule has 110 valence electrons. The number of aryl methyl sites for hydroxylation is 1. The number of aliphatic hydroxyl groups excluding tert-OH is 1. The van der Waals surface area contributed by atoms with Gasteiger partial charge in [0.05, 0.1) is 5.69 Å². The van der Waals surface area contributed by atoms with Crippen molar-refractivity contribution in [1.29, 1.82) is 0 Å². The summed E-state index contributed by atoms with van der Waals surface area (Å²) in [5, 5.41) is 11.9. The molecule has 2 aliphatic rings. The van der Waals surface area contributed by atoms with Crippen molar-refractivity contribution in [3.8, 4) is 11.8 Å². The lowest BCUT2D eigenvalue weighted by Gasteiger charge is -2.08. The van der Waals surface area contributed by atoms with Crippen LogP contribution in [0, 0.1) is 36.5 Å². The molecule has 0 aliphatic heterocycles. The SMILES string of the molecule is Cc1ccc(C#CCO)c(NC(=O)C2C3CCCCC32)c1. The van der Waals surface area contributed by atoms with Crippen LogP contribution in [0.25, 0.3) is 0 Å². The maximum absolute atomic E-state index is 12.5. The van der Waals surface area contributed by atoms with Crippen LogP contribution in [0.3, 0.4) is 0 Å². The third kappa shape index (κ3) is 2.96. The van der Waals surface area contributed by atoms with Crippen molar-refractivity contribution < 1.29 is 9.90 Å². The number of amides is 1. The average molecular weight is 283 g/mol. The number of carbonyl (C=O) groups excluding carboxylic acids is 1. The van der Waals surface area contributed by atoms with Gasteiger partial charge in [-0.1, -0.05) is 30.7 Å². The summed E-state index contributed by atoms with van der Waals surface area (Å²) in [6.45, 7) is 1.82. The molecule has 0 radical (unpaired) electrons. The molecule has 0 spiro atoms. The van der Waals surface area contributed by atoms with Gasteiger partial charge in [0.15, 0.2) is 0 Å². The zero-order chi connectivity index (χ0) is 14.8. The summed E-state index contributed by atoms with van der Waals surface area (Å²) < 4.78 is 0. The van der Waals surface area contributed by atoms with E-state index in [4.69, 9.17) is 5.11 Å². The van der Waals surface area contributed by atoms with Crippen molar-refractivity contribution in [3.05, 3.63) is 29.3 Å². The highest BCUT2D eigenvalue weighted by Crippen LogP contribution is 2.55. The zero-order valence-electron chi connectivity index (χ0n) is 12.4. The molecule has 1 aromatic carbocycles. The predicted octanol–water partition coefficient (Wildman–Crippen LogP) is 2.71. The Labute approximate surface area is 125 Å². The molecule has 2 atom stereocenters. The summed E-state index contributed by atoms with van der Waals surface area (Å²) in [7, 11) is 0. The second-order valence-electron chi connectivity index (χ2n) is 6.14. The molecule has 0 heterocycles. The molecule has 0 saturated heterocycles. The van der Waals surface area contributed by atoms with Crippen LogP contribution in [0.5, 0.6) is 0 Å². The quantitative estimate of drug-likeness (QED) is 0.820. The Bertz CT molecular complexity index is 599. The molecule has 3 rings (SSSR count). The van der Waals surface area contributed by atoms with Gasteiger partial charge in [0.25, 0.3) is 0 Å². The van der Waals surface area contributed by atoms with Gasteiger partial charge in [-0.2, -0.15) is 0 Å². The lowest BCUT2D eigenvalue weighted by Crippen LogP contribution is -2.16. The number of fused-ring (bicyclic) bond motifs is 1. The number of rotatable bonds is 2. The lowest BCUT2D eigenvalue weighted by atomic mass is 10.0. The van der Waals surface area contributed by atoms with Crippen LogP contribution in [0.15, 0.2) is 18.2 Å². The second-order valence-corrected chi connectivity index (χ2v) is 6.14. The number of carbonyl (C=O) groups is 1. The summed E-state index contributed by atoms with van der Waals surface area (Å²) in [5.74, 6) is 7.11. The van der Waals surface area contributed by atoms with E-state index in [1.54, 1.807) is 0 Å². The summed E-state index contributed by atoms with van der Waals surface area (Å²) >= 11 is 0. The molecule has 1 amide bonds. The minimum absolute atomic E-state index is 0.143. The molecule has 0 bridgehead atoms. The molecule has 3 heteroatoms. The Hall–Kier alpha value is -1.79. The van der Waals surface area contributed by atoms with E-state index in [-0.39, 0.29) is 18.4 Å². The first-order valence-corrected chi connectivity index (χ1v) is 7.72. The highest BCUT2D eigenvalue weighted by molar-refractivity contribution is 5.96. The van der Waals surface area contributed by atoms with Crippen LogP contribution in [-0.4, -0.2) is 17.6 Å². The molecule has 3 nitrogen and oxygen atoms in total. The Morgan fingerprint density at radius 1 is 1.33 bits per heavy atom. The molecule has 0 aromatic heterocycles. The van der Waals surface area contributed by atoms with E-state index >= 15 is 0 Å². The molecule has 2 N–H and O–H groups in total. The van der Waals surface area contributed by atoms with Crippen molar-refractivity contribution in [2.24, 2.45) is 17.8 Å². The van der Waals surface area contributed by atoms with E-state index in [0.29, 0.717) is 11.8 Å². The number of hydrogen-bond donors (Lipinski definition) is 2. The molecule has 2 fully saturated rings. The first-order valence-electron chi connectivity index (χ1n) is 7.72. The van der Waals surface area contributed by atoms with Crippen molar-refractivity contribution >= 4 is 11.6 Å². The molecule has 21 heavy (non-hydrogen) atoms. The first-order chi connectivity index (χ1) is 10.2. The molecule has 1 aromatic rings. The van der Waals surface area contributed by atoms with Crippen molar-refractivity contribution in [3.63, 3.8) is 0 Å². The molecule has 2 aliphatic carbocycles. The first kappa shape index (κ1) is 14.2. The average Bonchev–Trinajstić information content (AvgIpc) is 3.21. The fraction of sp³-hybridized carbons (Fsp3) is 0.500. The third-order valence-corrected chi connectivity index (χ3v) is 4.69. The van der Waals surface area contributed by atoms with Crippen LogP contribution in [0.4, 0.5) is 5.69 Å². The summed E-state index contributed by atoms with van der Waals surface area (Å²) in [6.07, 6.45) is 4.94. The van der Waals surface area contributed by atoms with Crippen LogP contribution in [0.2, 0.25) is 0 Å². The highest BCUT2D eigenvalue weighted by atomic mass is 16.2. The summed E-state index contributed by atoms with van der Waals surface area (Å²) in [5.41, 5.74) is 2.63.